The Labute approximate surface area is 189 Å². The first-order valence-electron chi connectivity index (χ1n) is 10.9. The van der Waals surface area contributed by atoms with Crippen LogP contribution in [0.3, 0.4) is 0 Å². The van der Waals surface area contributed by atoms with E-state index in [0.717, 1.165) is 25.0 Å². The Morgan fingerprint density at radius 1 is 1.10 bits per heavy atom. The number of aromatic nitrogens is 1. The third-order valence-electron chi connectivity index (χ3n) is 5.14. The monoisotopic (exact) mass is 443 g/mol. The summed E-state index contributed by atoms with van der Waals surface area (Å²) >= 11 is 1.80. The molecule has 1 N–H and O–H groups in total. The van der Waals surface area contributed by atoms with Gasteiger partial charge in [-0.1, -0.05) is 18.2 Å². The molecular formula is C24H33N3O3S. The maximum absolute atomic E-state index is 12.7. The second-order valence-corrected chi connectivity index (χ2v) is 9.94. The Balaban J connectivity index is 1.44. The van der Waals surface area contributed by atoms with Crippen molar-refractivity contribution in [2.75, 3.05) is 25.4 Å². The fourth-order valence-electron chi connectivity index (χ4n) is 3.63. The molecule has 31 heavy (non-hydrogen) atoms. The van der Waals surface area contributed by atoms with Crippen molar-refractivity contribution in [1.29, 1.82) is 0 Å². The molecule has 7 heteroatoms. The number of piperidine rings is 1. The molecule has 1 aliphatic heterocycles. The highest BCUT2D eigenvalue weighted by Gasteiger charge is 2.28. The molecule has 2 heterocycles. The molecular weight excluding hydrogens is 410 g/mol. The van der Waals surface area contributed by atoms with E-state index in [1.807, 2.05) is 57.3 Å². The van der Waals surface area contributed by atoms with Crippen molar-refractivity contribution in [2.45, 2.75) is 56.6 Å². The van der Waals surface area contributed by atoms with Gasteiger partial charge >= 0.3 is 6.09 Å². The summed E-state index contributed by atoms with van der Waals surface area (Å²) in [6, 6.07) is 14.3. The van der Waals surface area contributed by atoms with E-state index in [4.69, 9.17) is 4.74 Å². The molecule has 3 rings (SSSR count). The normalized spacial score (nSPS) is 15.0. The summed E-state index contributed by atoms with van der Waals surface area (Å²) in [5.74, 6) is 0.929. The van der Waals surface area contributed by atoms with Gasteiger partial charge in [-0.25, -0.2) is 4.79 Å². The lowest BCUT2D eigenvalue weighted by Crippen LogP contribution is -2.42. The molecule has 168 valence electrons. The van der Waals surface area contributed by atoms with Crippen LogP contribution in [0, 0.1) is 0 Å². The predicted octanol–water partition coefficient (Wildman–Crippen LogP) is 4.97. The molecule has 6 nitrogen and oxygen atoms in total. The smallest absolute Gasteiger partial charge is 0.410 e. The van der Waals surface area contributed by atoms with Gasteiger partial charge in [0.1, 0.15) is 11.3 Å². The predicted molar refractivity (Wildman–Crippen MR) is 125 cm³/mol. The number of hydrogen-bond donors (Lipinski definition) is 1. The number of hydrogen-bond acceptors (Lipinski definition) is 4. The summed E-state index contributed by atoms with van der Waals surface area (Å²) in [4.78, 5) is 28.0. The standard InChI is InChI=1S/C24H33N3O3S/c1-24(2,3)30-23(29)26-16-12-19(13-17-26)27-15-7-11-21(27)22(28)25-14-8-18-31-20-9-5-4-6-10-20/h4-7,9-11,15,19H,8,12-14,16-18H2,1-3H3,(H,25,28). The molecule has 1 aromatic heterocycles. The first-order valence-corrected chi connectivity index (χ1v) is 11.9. The number of rotatable bonds is 7. The minimum Gasteiger partial charge on any atom is -0.444 e. The Morgan fingerprint density at radius 3 is 2.48 bits per heavy atom. The summed E-state index contributed by atoms with van der Waals surface area (Å²) in [6.45, 7) is 7.56. The van der Waals surface area contributed by atoms with Crippen LogP contribution in [0.1, 0.15) is 56.6 Å². The van der Waals surface area contributed by atoms with E-state index in [1.54, 1.807) is 16.7 Å². The molecule has 1 aliphatic rings. The first kappa shape index (κ1) is 23.3. The summed E-state index contributed by atoms with van der Waals surface area (Å²) < 4.78 is 7.53. The van der Waals surface area contributed by atoms with Gasteiger partial charge in [0.05, 0.1) is 0 Å². The highest BCUT2D eigenvalue weighted by atomic mass is 32.2. The molecule has 1 saturated heterocycles. The zero-order valence-corrected chi connectivity index (χ0v) is 19.5. The Morgan fingerprint density at radius 2 is 1.81 bits per heavy atom. The highest BCUT2D eigenvalue weighted by molar-refractivity contribution is 7.99. The third kappa shape index (κ3) is 7.06. The van der Waals surface area contributed by atoms with E-state index in [0.29, 0.717) is 25.3 Å². The van der Waals surface area contributed by atoms with Gasteiger partial charge in [0.2, 0.25) is 0 Å². The lowest BCUT2D eigenvalue weighted by atomic mass is 10.0. The largest absolute Gasteiger partial charge is 0.444 e. The number of amides is 2. The molecule has 2 aromatic rings. The summed E-state index contributed by atoms with van der Waals surface area (Å²) in [7, 11) is 0. The van der Waals surface area contributed by atoms with E-state index in [1.165, 1.54) is 4.90 Å². The molecule has 0 spiro atoms. The maximum Gasteiger partial charge on any atom is 0.410 e. The van der Waals surface area contributed by atoms with Crippen LogP contribution in [0.5, 0.6) is 0 Å². The quantitative estimate of drug-likeness (QED) is 0.485. The van der Waals surface area contributed by atoms with Gasteiger partial charge in [0.15, 0.2) is 0 Å². The van der Waals surface area contributed by atoms with Crippen LogP contribution in [0.4, 0.5) is 4.79 Å². The third-order valence-corrected chi connectivity index (χ3v) is 6.24. The number of ether oxygens (including phenoxy) is 1. The number of benzene rings is 1. The van der Waals surface area contributed by atoms with Crippen LogP contribution in [0.25, 0.3) is 0 Å². The number of carbonyl (C=O) groups excluding carboxylic acids is 2. The van der Waals surface area contributed by atoms with Gasteiger partial charge in [-0.05, 0) is 70.1 Å². The van der Waals surface area contributed by atoms with E-state index in [9.17, 15) is 9.59 Å². The van der Waals surface area contributed by atoms with Crippen molar-refractivity contribution >= 4 is 23.8 Å². The van der Waals surface area contributed by atoms with Crippen molar-refractivity contribution in [1.82, 2.24) is 14.8 Å². The van der Waals surface area contributed by atoms with Crippen LogP contribution in [-0.4, -0.2) is 52.5 Å². The van der Waals surface area contributed by atoms with Gasteiger partial charge in [-0.3, -0.25) is 4.79 Å². The molecule has 0 atom stereocenters. The number of carbonyl (C=O) groups is 2. The van der Waals surface area contributed by atoms with Crippen molar-refractivity contribution in [2.24, 2.45) is 0 Å². The van der Waals surface area contributed by atoms with E-state index < -0.39 is 5.60 Å². The van der Waals surface area contributed by atoms with Crippen LogP contribution < -0.4 is 5.32 Å². The average molecular weight is 444 g/mol. The lowest BCUT2D eigenvalue weighted by Gasteiger charge is -2.34. The van der Waals surface area contributed by atoms with Crippen LogP contribution in [-0.2, 0) is 4.74 Å². The lowest BCUT2D eigenvalue weighted by molar-refractivity contribution is 0.0187. The van der Waals surface area contributed by atoms with E-state index >= 15 is 0 Å². The zero-order chi connectivity index (χ0) is 22.3. The fourth-order valence-corrected chi connectivity index (χ4v) is 4.50. The van der Waals surface area contributed by atoms with Gasteiger partial charge in [-0.2, -0.15) is 0 Å². The van der Waals surface area contributed by atoms with Crippen LogP contribution in [0.2, 0.25) is 0 Å². The van der Waals surface area contributed by atoms with Crippen molar-refractivity contribution in [3.8, 4) is 0 Å². The molecule has 0 saturated carbocycles. The van der Waals surface area contributed by atoms with Gasteiger partial charge in [0, 0.05) is 36.8 Å². The van der Waals surface area contributed by atoms with Crippen LogP contribution in [0.15, 0.2) is 53.6 Å². The van der Waals surface area contributed by atoms with Crippen LogP contribution >= 0.6 is 11.8 Å². The SMILES string of the molecule is CC(C)(C)OC(=O)N1CCC(n2cccc2C(=O)NCCCSc2ccccc2)CC1. The minimum absolute atomic E-state index is 0.0377. The van der Waals surface area contributed by atoms with Crippen molar-refractivity contribution < 1.29 is 14.3 Å². The van der Waals surface area contributed by atoms with Gasteiger partial charge in [0.25, 0.3) is 5.91 Å². The van der Waals surface area contributed by atoms with Crippen molar-refractivity contribution in [3.05, 3.63) is 54.4 Å². The number of likely N-dealkylation sites (tertiary alicyclic amines) is 1. The summed E-state index contributed by atoms with van der Waals surface area (Å²) in [5.41, 5.74) is 0.200. The fraction of sp³-hybridized carbons (Fsp3) is 0.500. The molecule has 0 unspecified atom stereocenters. The zero-order valence-electron chi connectivity index (χ0n) is 18.7. The summed E-state index contributed by atoms with van der Waals surface area (Å²) in [6.07, 6.45) is 4.24. The number of nitrogens with one attached hydrogen (secondary N) is 1. The second-order valence-electron chi connectivity index (χ2n) is 8.77. The Bertz CT molecular complexity index is 852. The first-order chi connectivity index (χ1) is 14.8. The second kappa shape index (κ2) is 10.8. The molecule has 0 bridgehead atoms. The average Bonchev–Trinajstić information content (AvgIpc) is 3.23. The van der Waals surface area contributed by atoms with E-state index in [2.05, 4.69) is 22.0 Å². The van der Waals surface area contributed by atoms with Gasteiger partial charge in [-0.15, -0.1) is 11.8 Å². The maximum atomic E-state index is 12.7. The number of nitrogens with zero attached hydrogens (tertiary/aromatic N) is 2. The molecule has 0 radical (unpaired) electrons. The Hall–Kier alpha value is -2.41. The molecule has 1 aromatic carbocycles. The highest BCUT2D eigenvalue weighted by Crippen LogP contribution is 2.26. The molecule has 0 aliphatic carbocycles. The van der Waals surface area contributed by atoms with E-state index in [-0.39, 0.29) is 18.0 Å². The topological polar surface area (TPSA) is 63.6 Å². The molecule has 1 fully saturated rings. The minimum atomic E-state index is -0.487. The Kier molecular flexibility index (Phi) is 8.07. The van der Waals surface area contributed by atoms with Crippen molar-refractivity contribution in [3.63, 3.8) is 0 Å². The summed E-state index contributed by atoms with van der Waals surface area (Å²) in [5, 5.41) is 3.05. The molecule has 2 amide bonds. The number of thioether (sulfide) groups is 1. The van der Waals surface area contributed by atoms with Gasteiger partial charge < -0.3 is 19.5 Å².